The molecule has 3 aromatic carbocycles. The van der Waals surface area contributed by atoms with Gasteiger partial charge in [-0.1, -0.05) is 24.3 Å². The molecule has 1 saturated heterocycles. The molecule has 0 atom stereocenters. The van der Waals surface area contributed by atoms with Crippen molar-refractivity contribution in [3.8, 4) is 0 Å². The Labute approximate surface area is 212 Å². The van der Waals surface area contributed by atoms with Gasteiger partial charge in [-0.15, -0.1) is 0 Å². The quantitative estimate of drug-likeness (QED) is 0.308. The predicted octanol–water partition coefficient (Wildman–Crippen LogP) is 2.75. The third-order valence-electron chi connectivity index (χ3n) is 6.20. The Morgan fingerprint density at radius 3 is 2.19 bits per heavy atom. The summed E-state index contributed by atoms with van der Waals surface area (Å²) in [7, 11) is -3.41. The number of nitrogens with one attached hydrogen (secondary N) is 2. The topological polar surface area (TPSA) is 136 Å². The number of aromatic carboxylic acids is 1. The summed E-state index contributed by atoms with van der Waals surface area (Å²) in [5.41, 5.74) is 2.97. The number of carboxylic acids is 1. The number of hydrogen-bond acceptors (Lipinski definition) is 5. The molecule has 0 spiro atoms. The van der Waals surface area contributed by atoms with Crippen molar-refractivity contribution in [2.45, 2.75) is 17.9 Å². The molecule has 3 N–H and O–H groups in total. The van der Waals surface area contributed by atoms with E-state index in [4.69, 9.17) is 5.11 Å². The highest BCUT2D eigenvalue weighted by molar-refractivity contribution is 7.89. The first-order valence-corrected chi connectivity index (χ1v) is 13.0. The lowest BCUT2D eigenvalue weighted by Crippen LogP contribution is -2.23. The molecule has 0 saturated carbocycles. The lowest BCUT2D eigenvalue weighted by atomic mass is 10.0. The van der Waals surface area contributed by atoms with Crippen molar-refractivity contribution in [3.63, 3.8) is 0 Å². The van der Waals surface area contributed by atoms with Gasteiger partial charge in [0.1, 0.15) is 0 Å². The zero-order valence-electron chi connectivity index (χ0n) is 19.6. The minimum absolute atomic E-state index is 0.170. The number of carbonyl (C=O) groups is 2. The van der Waals surface area contributed by atoms with Crippen LogP contribution in [0.15, 0.2) is 82.5 Å². The summed E-state index contributed by atoms with van der Waals surface area (Å²) in [6, 6.07) is 19.5. The molecule has 1 aliphatic heterocycles. The van der Waals surface area contributed by atoms with Gasteiger partial charge in [0.05, 0.1) is 10.5 Å². The van der Waals surface area contributed by atoms with Crippen molar-refractivity contribution in [1.29, 1.82) is 0 Å². The van der Waals surface area contributed by atoms with Crippen LogP contribution in [0, 0.1) is 0 Å². The van der Waals surface area contributed by atoms with Gasteiger partial charge in [0.25, 0.3) is 11.5 Å². The number of fused-ring (bicyclic) bond motifs is 1. The second-order valence-corrected chi connectivity index (χ2v) is 10.8. The van der Waals surface area contributed by atoms with E-state index in [2.05, 4.69) is 10.3 Å². The molecule has 37 heavy (non-hydrogen) atoms. The van der Waals surface area contributed by atoms with Crippen LogP contribution in [0.5, 0.6) is 0 Å². The minimum atomic E-state index is -3.41. The number of benzene rings is 3. The zero-order chi connectivity index (χ0) is 26.2. The molecule has 10 heteroatoms. The fourth-order valence-corrected chi connectivity index (χ4v) is 5.34. The summed E-state index contributed by atoms with van der Waals surface area (Å²) in [6.07, 6.45) is 0.311. The van der Waals surface area contributed by atoms with Crippen molar-refractivity contribution in [1.82, 2.24) is 14.6 Å². The van der Waals surface area contributed by atoms with Gasteiger partial charge in [0.2, 0.25) is 10.0 Å². The summed E-state index contributed by atoms with van der Waals surface area (Å²) in [4.78, 5) is 39.4. The number of amides is 1. The van der Waals surface area contributed by atoms with Crippen LogP contribution < -0.4 is 10.9 Å². The Hall–Kier alpha value is -4.28. The molecule has 0 unspecified atom stereocenters. The van der Waals surface area contributed by atoms with Gasteiger partial charge in [0.15, 0.2) is 0 Å². The Morgan fingerprint density at radius 1 is 0.892 bits per heavy atom. The molecule has 0 radical (unpaired) electrons. The van der Waals surface area contributed by atoms with Crippen LogP contribution in [0.4, 0.5) is 0 Å². The van der Waals surface area contributed by atoms with Crippen molar-refractivity contribution in [2.75, 3.05) is 13.1 Å². The summed E-state index contributed by atoms with van der Waals surface area (Å²) in [5, 5.41) is 12.6. The largest absolute Gasteiger partial charge is 0.478 e. The van der Waals surface area contributed by atoms with Crippen molar-refractivity contribution < 1.29 is 23.1 Å². The van der Waals surface area contributed by atoms with E-state index in [0.717, 1.165) is 11.1 Å². The van der Waals surface area contributed by atoms with E-state index in [1.165, 1.54) is 28.6 Å². The Balaban J connectivity index is 1.29. The van der Waals surface area contributed by atoms with Crippen LogP contribution in [0.2, 0.25) is 0 Å². The number of aromatic nitrogens is 1. The number of aromatic amines is 1. The maximum absolute atomic E-state index is 12.8. The van der Waals surface area contributed by atoms with Gasteiger partial charge >= 0.3 is 5.97 Å². The summed E-state index contributed by atoms with van der Waals surface area (Å²) < 4.78 is 25.9. The summed E-state index contributed by atoms with van der Waals surface area (Å²) in [6.45, 7) is 1.31. The van der Waals surface area contributed by atoms with Gasteiger partial charge in [-0.2, -0.15) is 4.31 Å². The van der Waals surface area contributed by atoms with Crippen LogP contribution in [-0.2, 0) is 23.0 Å². The first-order valence-electron chi connectivity index (χ1n) is 11.6. The number of carboxylic acid groups (broad SMARTS) is 1. The molecule has 188 valence electrons. The molecular formula is C27H23N3O6S. The lowest BCUT2D eigenvalue weighted by molar-refractivity contribution is 0.0696. The van der Waals surface area contributed by atoms with E-state index in [0.29, 0.717) is 41.5 Å². The predicted molar refractivity (Wildman–Crippen MR) is 137 cm³/mol. The van der Waals surface area contributed by atoms with E-state index >= 15 is 0 Å². The van der Waals surface area contributed by atoms with E-state index in [1.54, 1.807) is 48.5 Å². The summed E-state index contributed by atoms with van der Waals surface area (Å²) >= 11 is 0. The fourth-order valence-electron chi connectivity index (χ4n) is 4.00. The Morgan fingerprint density at radius 2 is 1.54 bits per heavy atom. The van der Waals surface area contributed by atoms with Crippen molar-refractivity contribution in [2.24, 2.45) is 0 Å². The molecule has 4 aromatic rings. The van der Waals surface area contributed by atoms with Crippen molar-refractivity contribution in [3.05, 3.63) is 111 Å². The molecule has 1 aliphatic rings. The molecule has 9 nitrogen and oxygen atoms in total. The average Bonchev–Trinajstić information content (AvgIpc) is 3.74. The molecule has 1 aromatic heterocycles. The monoisotopic (exact) mass is 517 g/mol. The summed E-state index contributed by atoms with van der Waals surface area (Å²) in [5.74, 6) is -1.32. The van der Waals surface area contributed by atoms with Crippen LogP contribution in [-0.4, -0.2) is 47.8 Å². The second-order valence-electron chi connectivity index (χ2n) is 8.84. The highest BCUT2D eigenvalue weighted by Crippen LogP contribution is 2.22. The van der Waals surface area contributed by atoms with Gasteiger partial charge < -0.3 is 15.4 Å². The van der Waals surface area contributed by atoms with E-state index in [9.17, 15) is 22.8 Å². The number of pyridine rings is 1. The van der Waals surface area contributed by atoms with E-state index in [-0.39, 0.29) is 28.5 Å². The molecule has 0 bridgehead atoms. The smallest absolute Gasteiger partial charge is 0.335 e. The standard InChI is InChI=1S/C27H23N3O6S/c31-25(28-16-18-3-8-23(9-4-18)37(35,36)30-11-12-30)20-7-10-24-21(14-20)15-22(26(32)29-24)13-17-1-5-19(6-2-17)27(33)34/h1-10,14-15H,11-13,16H2,(H,28,31)(H,29,32)(H,33,34). The number of carbonyl (C=O) groups excluding carboxylic acids is 1. The van der Waals surface area contributed by atoms with Crippen LogP contribution >= 0.6 is 0 Å². The maximum atomic E-state index is 12.8. The third-order valence-corrected chi connectivity index (χ3v) is 8.11. The number of H-pyrrole nitrogens is 1. The molecule has 1 fully saturated rings. The first kappa shape index (κ1) is 24.4. The second kappa shape index (κ2) is 9.64. The van der Waals surface area contributed by atoms with Crippen molar-refractivity contribution >= 4 is 32.8 Å². The molecule has 0 aliphatic carbocycles. The van der Waals surface area contributed by atoms with E-state index < -0.39 is 16.0 Å². The Bertz CT molecular complexity index is 1670. The van der Waals surface area contributed by atoms with Crippen LogP contribution in [0.25, 0.3) is 10.9 Å². The zero-order valence-corrected chi connectivity index (χ0v) is 20.4. The number of sulfonamides is 1. The fraction of sp³-hybridized carbons (Fsp3) is 0.148. The maximum Gasteiger partial charge on any atom is 0.335 e. The highest BCUT2D eigenvalue weighted by atomic mass is 32.2. The van der Waals surface area contributed by atoms with Gasteiger partial charge in [-0.3, -0.25) is 9.59 Å². The normalized spacial score (nSPS) is 13.4. The third kappa shape index (κ3) is 5.30. The Kier molecular flexibility index (Phi) is 6.36. The molecule has 2 heterocycles. The average molecular weight is 518 g/mol. The molecule has 5 rings (SSSR count). The van der Waals surface area contributed by atoms with E-state index in [1.807, 2.05) is 0 Å². The number of nitrogens with zero attached hydrogens (tertiary/aromatic N) is 1. The molecular weight excluding hydrogens is 494 g/mol. The minimum Gasteiger partial charge on any atom is -0.478 e. The van der Waals surface area contributed by atoms with Gasteiger partial charge in [-0.25, -0.2) is 13.2 Å². The lowest BCUT2D eigenvalue weighted by Gasteiger charge is -2.09. The van der Waals surface area contributed by atoms with Gasteiger partial charge in [-0.05, 0) is 65.0 Å². The number of rotatable bonds is 8. The SMILES string of the molecule is O=C(O)c1ccc(Cc2cc3cc(C(=O)NCc4ccc(S(=O)(=O)N5CC5)cc4)ccc3[nH]c2=O)cc1. The van der Waals surface area contributed by atoms with Crippen LogP contribution in [0.1, 0.15) is 37.4 Å². The number of hydrogen-bond donors (Lipinski definition) is 3. The molecule has 1 amide bonds. The highest BCUT2D eigenvalue weighted by Gasteiger charge is 2.33. The van der Waals surface area contributed by atoms with Crippen LogP contribution in [0.3, 0.4) is 0 Å². The van der Waals surface area contributed by atoms with Gasteiger partial charge in [0, 0.05) is 42.7 Å². The first-order chi connectivity index (χ1) is 17.7.